The summed E-state index contributed by atoms with van der Waals surface area (Å²) in [5.74, 6) is -2.91. The lowest BCUT2D eigenvalue weighted by Gasteiger charge is -2.10. The number of aliphatic carboxylic acids is 1. The fourth-order valence-electron chi connectivity index (χ4n) is 1.46. The fourth-order valence-corrected chi connectivity index (χ4v) is 1.46. The highest BCUT2D eigenvalue weighted by Gasteiger charge is 2.17. The predicted molar refractivity (Wildman–Crippen MR) is 71.3 cm³/mol. The molecule has 0 heterocycles. The first-order chi connectivity index (χ1) is 9.36. The first-order valence-electron chi connectivity index (χ1n) is 5.67. The van der Waals surface area contributed by atoms with E-state index in [9.17, 15) is 19.5 Å². The maximum Gasteiger partial charge on any atom is 0.352 e. The highest BCUT2D eigenvalue weighted by Crippen LogP contribution is 2.27. The number of hydrogen-bond donors (Lipinski definition) is 4. The Morgan fingerprint density at radius 2 is 1.90 bits per heavy atom. The number of benzene rings is 1. The van der Waals surface area contributed by atoms with E-state index in [0.717, 1.165) is 0 Å². The molecule has 0 saturated carbocycles. The van der Waals surface area contributed by atoms with Crippen molar-refractivity contribution in [1.29, 1.82) is 0 Å². The van der Waals surface area contributed by atoms with Crippen LogP contribution in [0.3, 0.4) is 0 Å². The smallest absolute Gasteiger partial charge is 0.352 e. The average molecular weight is 278 g/mol. The van der Waals surface area contributed by atoms with Gasteiger partial charge in [-0.2, -0.15) is 0 Å². The molecule has 7 heteroatoms. The number of amides is 2. The lowest BCUT2D eigenvalue weighted by Crippen LogP contribution is -2.27. The summed E-state index contributed by atoms with van der Waals surface area (Å²) in [4.78, 5) is 33.6. The van der Waals surface area contributed by atoms with Crippen molar-refractivity contribution in [3.63, 3.8) is 0 Å². The van der Waals surface area contributed by atoms with Crippen LogP contribution in [0.4, 0.5) is 5.69 Å². The van der Waals surface area contributed by atoms with Gasteiger partial charge >= 0.3 is 5.97 Å². The Hall–Kier alpha value is -2.83. The number of phenols is 1. The van der Waals surface area contributed by atoms with Gasteiger partial charge in [0.1, 0.15) is 5.70 Å². The number of aromatic hydroxyl groups is 1. The maximum atomic E-state index is 11.9. The molecule has 0 unspecified atom stereocenters. The molecular formula is C13H14N2O5. The van der Waals surface area contributed by atoms with Gasteiger partial charge in [-0.25, -0.2) is 4.79 Å². The zero-order valence-electron chi connectivity index (χ0n) is 10.9. The average Bonchev–Trinajstić information content (AvgIpc) is 2.37. The van der Waals surface area contributed by atoms with Crippen LogP contribution in [0.5, 0.6) is 5.75 Å². The molecule has 106 valence electrons. The molecule has 1 aromatic rings. The summed E-state index contributed by atoms with van der Waals surface area (Å²) in [7, 11) is 0. The monoisotopic (exact) mass is 278 g/mol. The Kier molecular flexibility index (Phi) is 4.85. The van der Waals surface area contributed by atoms with E-state index in [1.54, 1.807) is 0 Å². The summed E-state index contributed by atoms with van der Waals surface area (Å²) >= 11 is 0. The summed E-state index contributed by atoms with van der Waals surface area (Å²) in [6.07, 6.45) is 1.22. The van der Waals surface area contributed by atoms with Gasteiger partial charge in [0.2, 0.25) is 5.91 Å². The summed E-state index contributed by atoms with van der Waals surface area (Å²) in [5.41, 5.74) is -0.376. The van der Waals surface area contributed by atoms with Crippen LogP contribution in [0.25, 0.3) is 0 Å². The summed E-state index contributed by atoms with van der Waals surface area (Å²) in [6.45, 7) is 2.71. The summed E-state index contributed by atoms with van der Waals surface area (Å²) < 4.78 is 0. The van der Waals surface area contributed by atoms with Crippen molar-refractivity contribution in [2.75, 3.05) is 5.32 Å². The largest absolute Gasteiger partial charge is 0.505 e. The molecule has 0 aliphatic carbocycles. The van der Waals surface area contributed by atoms with Gasteiger partial charge in [-0.1, -0.05) is 12.1 Å². The number of carboxylic acids is 1. The van der Waals surface area contributed by atoms with Crippen LogP contribution in [-0.4, -0.2) is 28.0 Å². The number of allylic oxidation sites excluding steroid dienone is 1. The number of nitrogens with one attached hydrogen (secondary N) is 2. The number of anilines is 1. The number of carbonyl (C=O) groups is 3. The number of carboxylic acid groups (broad SMARTS) is 1. The van der Waals surface area contributed by atoms with Gasteiger partial charge in [0.05, 0.1) is 11.3 Å². The Morgan fingerprint density at radius 1 is 1.25 bits per heavy atom. The standard InChI is InChI=1S/C13H14N2O5/c1-3-9(13(19)20)15-12(18)8-5-4-6-10(11(8)17)14-7(2)16/h3-6,17H,1-2H3,(H,14,16)(H,15,18)(H,19,20)/b9-3+. The zero-order valence-corrected chi connectivity index (χ0v) is 10.9. The van der Waals surface area contributed by atoms with Crippen LogP contribution >= 0.6 is 0 Å². The molecule has 0 fully saturated rings. The highest BCUT2D eigenvalue weighted by molar-refractivity contribution is 6.04. The van der Waals surface area contributed by atoms with E-state index in [-0.39, 0.29) is 16.9 Å². The Labute approximate surface area is 114 Å². The molecule has 0 aliphatic rings. The fraction of sp³-hybridized carbons (Fsp3) is 0.154. The molecule has 0 radical (unpaired) electrons. The quantitative estimate of drug-likeness (QED) is 0.485. The van der Waals surface area contributed by atoms with E-state index in [4.69, 9.17) is 5.11 Å². The van der Waals surface area contributed by atoms with Crippen LogP contribution < -0.4 is 10.6 Å². The summed E-state index contributed by atoms with van der Waals surface area (Å²) in [5, 5.41) is 23.2. The molecular weight excluding hydrogens is 264 g/mol. The van der Waals surface area contributed by atoms with Gasteiger partial charge < -0.3 is 20.8 Å². The van der Waals surface area contributed by atoms with Crippen molar-refractivity contribution in [2.45, 2.75) is 13.8 Å². The first-order valence-corrected chi connectivity index (χ1v) is 5.67. The van der Waals surface area contributed by atoms with Gasteiger partial charge in [-0.3, -0.25) is 9.59 Å². The first kappa shape index (κ1) is 15.2. The van der Waals surface area contributed by atoms with Gasteiger partial charge in [0, 0.05) is 6.92 Å². The van der Waals surface area contributed by atoms with E-state index in [2.05, 4.69) is 10.6 Å². The van der Waals surface area contributed by atoms with E-state index in [1.165, 1.54) is 38.1 Å². The van der Waals surface area contributed by atoms with Crippen molar-refractivity contribution in [1.82, 2.24) is 5.32 Å². The molecule has 0 aliphatic heterocycles. The number of para-hydroxylation sites is 1. The van der Waals surface area contributed by atoms with Crippen LogP contribution in [-0.2, 0) is 9.59 Å². The number of hydrogen-bond acceptors (Lipinski definition) is 4. The molecule has 1 aromatic carbocycles. The normalized spacial score (nSPS) is 10.8. The van der Waals surface area contributed by atoms with Crippen molar-refractivity contribution >= 4 is 23.5 Å². The van der Waals surface area contributed by atoms with Crippen LogP contribution in [0.1, 0.15) is 24.2 Å². The van der Waals surface area contributed by atoms with E-state index in [1.807, 2.05) is 0 Å². The van der Waals surface area contributed by atoms with Crippen molar-refractivity contribution in [3.05, 3.63) is 35.5 Å². The van der Waals surface area contributed by atoms with Crippen LogP contribution in [0.2, 0.25) is 0 Å². The lowest BCUT2D eigenvalue weighted by atomic mass is 10.1. The van der Waals surface area contributed by atoms with Crippen LogP contribution in [0, 0.1) is 0 Å². The van der Waals surface area contributed by atoms with Gasteiger partial charge in [-0.15, -0.1) is 0 Å². The van der Waals surface area contributed by atoms with Gasteiger partial charge in [-0.05, 0) is 19.1 Å². The van der Waals surface area contributed by atoms with Crippen LogP contribution in [0.15, 0.2) is 30.0 Å². The molecule has 0 spiro atoms. The molecule has 1 rings (SSSR count). The third-order valence-corrected chi connectivity index (χ3v) is 2.36. The molecule has 2 amide bonds. The predicted octanol–water partition coefficient (Wildman–Crippen LogP) is 1.07. The molecule has 0 atom stereocenters. The Morgan fingerprint density at radius 3 is 2.40 bits per heavy atom. The molecule has 0 aromatic heterocycles. The molecule has 0 saturated heterocycles. The second kappa shape index (κ2) is 6.37. The van der Waals surface area contributed by atoms with E-state index >= 15 is 0 Å². The zero-order chi connectivity index (χ0) is 15.3. The Balaban J connectivity index is 3.05. The SMILES string of the molecule is C/C=C(/NC(=O)c1cccc(NC(C)=O)c1O)C(=O)O. The lowest BCUT2D eigenvalue weighted by molar-refractivity contribution is -0.133. The molecule has 20 heavy (non-hydrogen) atoms. The second-order valence-electron chi connectivity index (χ2n) is 3.84. The third-order valence-electron chi connectivity index (χ3n) is 2.36. The molecule has 7 nitrogen and oxygen atoms in total. The molecule has 0 bridgehead atoms. The van der Waals surface area contributed by atoms with Crippen molar-refractivity contribution in [3.8, 4) is 5.75 Å². The number of rotatable bonds is 4. The number of carbonyl (C=O) groups excluding carboxylic acids is 2. The minimum absolute atomic E-state index is 0.0718. The number of phenolic OH excluding ortho intramolecular Hbond substituents is 1. The minimum atomic E-state index is -1.29. The summed E-state index contributed by atoms with van der Waals surface area (Å²) in [6, 6.07) is 4.18. The third kappa shape index (κ3) is 3.58. The highest BCUT2D eigenvalue weighted by atomic mass is 16.4. The van der Waals surface area contributed by atoms with E-state index < -0.39 is 23.5 Å². The second-order valence-corrected chi connectivity index (χ2v) is 3.84. The van der Waals surface area contributed by atoms with E-state index in [0.29, 0.717) is 0 Å². The van der Waals surface area contributed by atoms with Gasteiger partial charge in [0.25, 0.3) is 5.91 Å². The van der Waals surface area contributed by atoms with Crippen molar-refractivity contribution in [2.24, 2.45) is 0 Å². The topological polar surface area (TPSA) is 116 Å². The van der Waals surface area contributed by atoms with Crippen molar-refractivity contribution < 1.29 is 24.6 Å². The maximum absolute atomic E-state index is 11.9. The Bertz CT molecular complexity index is 592. The van der Waals surface area contributed by atoms with Gasteiger partial charge in [0.15, 0.2) is 5.75 Å². The minimum Gasteiger partial charge on any atom is -0.505 e. The molecule has 4 N–H and O–H groups in total.